The van der Waals surface area contributed by atoms with E-state index < -0.39 is 4.92 Å². The molecule has 0 spiro atoms. The normalized spacial score (nSPS) is 10.8. The minimum Gasteiger partial charge on any atom is -0.358 e. The maximum absolute atomic E-state index is 10.8. The number of benzene rings is 1. The van der Waals surface area contributed by atoms with Gasteiger partial charge in [-0.05, 0) is 17.1 Å². The third-order valence-corrected chi connectivity index (χ3v) is 3.76. The van der Waals surface area contributed by atoms with Gasteiger partial charge in [0.05, 0.1) is 13.2 Å². The predicted octanol–water partition coefficient (Wildman–Crippen LogP) is 2.40. The molecular formula is C13H11BrN6O2. The molecule has 22 heavy (non-hydrogen) atoms. The van der Waals surface area contributed by atoms with Crippen LogP contribution in [0.1, 0.15) is 5.82 Å². The van der Waals surface area contributed by atoms with Crippen LogP contribution in [-0.4, -0.2) is 29.5 Å². The third kappa shape index (κ3) is 2.75. The Labute approximate surface area is 133 Å². The van der Waals surface area contributed by atoms with Gasteiger partial charge >= 0.3 is 5.82 Å². The van der Waals surface area contributed by atoms with Gasteiger partial charge in [0.25, 0.3) is 0 Å². The molecule has 0 amide bonds. The first-order chi connectivity index (χ1) is 10.5. The summed E-state index contributed by atoms with van der Waals surface area (Å²) >= 11 is 3.38. The lowest BCUT2D eigenvalue weighted by Crippen LogP contribution is -2.08. The second-order valence-electron chi connectivity index (χ2n) is 4.66. The van der Waals surface area contributed by atoms with E-state index in [1.54, 1.807) is 17.9 Å². The second-order valence-corrected chi connectivity index (χ2v) is 5.57. The first-order valence-electron chi connectivity index (χ1n) is 6.35. The van der Waals surface area contributed by atoms with E-state index in [0.29, 0.717) is 12.4 Å². The number of imidazole rings is 1. The molecule has 0 unspecified atom stereocenters. The molecule has 2 aromatic heterocycles. The quantitative estimate of drug-likeness (QED) is 0.524. The monoisotopic (exact) mass is 362 g/mol. The molecule has 0 bridgehead atoms. The molecule has 0 saturated heterocycles. The van der Waals surface area contributed by atoms with Crippen LogP contribution in [0.15, 0.2) is 41.1 Å². The van der Waals surface area contributed by atoms with Gasteiger partial charge in [-0.1, -0.05) is 33.3 Å². The molecule has 0 radical (unpaired) electrons. The SMILES string of the molecule is Cn1c([N+](=O)[O-])cnc1Cn1cc(-c2ccc(Br)cc2)nn1. The maximum Gasteiger partial charge on any atom is 0.342 e. The molecule has 3 aromatic rings. The Bertz CT molecular complexity index is 823. The van der Waals surface area contributed by atoms with Crippen molar-refractivity contribution >= 4 is 21.7 Å². The van der Waals surface area contributed by atoms with E-state index in [1.807, 2.05) is 24.3 Å². The first kappa shape index (κ1) is 14.4. The van der Waals surface area contributed by atoms with Crippen molar-refractivity contribution in [1.82, 2.24) is 24.5 Å². The zero-order valence-electron chi connectivity index (χ0n) is 11.5. The molecule has 0 atom stereocenters. The van der Waals surface area contributed by atoms with Gasteiger partial charge in [-0.3, -0.25) is 0 Å². The minimum absolute atomic E-state index is 0.0525. The molecule has 8 nitrogen and oxygen atoms in total. The molecule has 2 heterocycles. The number of nitro groups is 1. The van der Waals surface area contributed by atoms with E-state index in [0.717, 1.165) is 15.7 Å². The zero-order valence-corrected chi connectivity index (χ0v) is 13.1. The fourth-order valence-electron chi connectivity index (χ4n) is 2.03. The Morgan fingerprint density at radius 3 is 2.68 bits per heavy atom. The number of hydrogen-bond acceptors (Lipinski definition) is 5. The largest absolute Gasteiger partial charge is 0.358 e. The van der Waals surface area contributed by atoms with Gasteiger partial charge in [-0.2, -0.15) is 0 Å². The number of hydrogen-bond donors (Lipinski definition) is 0. The predicted molar refractivity (Wildman–Crippen MR) is 82.1 cm³/mol. The summed E-state index contributed by atoms with van der Waals surface area (Å²) in [4.78, 5) is 14.4. The van der Waals surface area contributed by atoms with Crippen LogP contribution >= 0.6 is 15.9 Å². The van der Waals surface area contributed by atoms with Gasteiger partial charge in [-0.25, -0.2) is 14.2 Å². The van der Waals surface area contributed by atoms with Crippen molar-refractivity contribution < 1.29 is 4.92 Å². The summed E-state index contributed by atoms with van der Waals surface area (Å²) in [5.74, 6) is 0.488. The Hall–Kier alpha value is -2.55. The molecule has 0 saturated carbocycles. The Balaban J connectivity index is 1.83. The van der Waals surface area contributed by atoms with Crippen LogP contribution in [0.2, 0.25) is 0 Å². The van der Waals surface area contributed by atoms with E-state index in [2.05, 4.69) is 31.2 Å². The zero-order chi connectivity index (χ0) is 15.7. The Morgan fingerprint density at radius 2 is 2.05 bits per heavy atom. The van der Waals surface area contributed by atoms with Gasteiger partial charge in [0.1, 0.15) is 18.4 Å². The van der Waals surface area contributed by atoms with Crippen LogP contribution in [-0.2, 0) is 13.6 Å². The average molecular weight is 363 g/mol. The summed E-state index contributed by atoms with van der Waals surface area (Å²) < 4.78 is 4.02. The highest BCUT2D eigenvalue weighted by atomic mass is 79.9. The van der Waals surface area contributed by atoms with Crippen molar-refractivity contribution in [2.24, 2.45) is 7.05 Å². The van der Waals surface area contributed by atoms with E-state index >= 15 is 0 Å². The van der Waals surface area contributed by atoms with Gasteiger partial charge in [0, 0.05) is 10.0 Å². The van der Waals surface area contributed by atoms with Crippen LogP contribution in [0.5, 0.6) is 0 Å². The molecule has 0 N–H and O–H groups in total. The lowest BCUT2D eigenvalue weighted by Gasteiger charge is -1.98. The number of aromatic nitrogens is 5. The maximum atomic E-state index is 10.8. The third-order valence-electron chi connectivity index (χ3n) is 3.23. The van der Waals surface area contributed by atoms with Crippen molar-refractivity contribution in [3.63, 3.8) is 0 Å². The summed E-state index contributed by atoms with van der Waals surface area (Å²) in [6.45, 7) is 0.313. The van der Waals surface area contributed by atoms with Crippen molar-refractivity contribution in [3.05, 3.63) is 57.1 Å². The smallest absolute Gasteiger partial charge is 0.342 e. The van der Waals surface area contributed by atoms with E-state index in [4.69, 9.17) is 0 Å². The van der Waals surface area contributed by atoms with E-state index in [9.17, 15) is 10.1 Å². The highest BCUT2D eigenvalue weighted by Gasteiger charge is 2.17. The molecule has 0 aliphatic carbocycles. The van der Waals surface area contributed by atoms with Crippen LogP contribution < -0.4 is 0 Å². The summed E-state index contributed by atoms with van der Waals surface area (Å²) in [6, 6.07) is 7.72. The van der Waals surface area contributed by atoms with Crippen LogP contribution in [0.25, 0.3) is 11.3 Å². The minimum atomic E-state index is -0.467. The van der Waals surface area contributed by atoms with Gasteiger partial charge in [-0.15, -0.1) is 5.10 Å². The molecule has 112 valence electrons. The number of halogens is 1. The van der Waals surface area contributed by atoms with Gasteiger partial charge in [0.2, 0.25) is 5.82 Å². The van der Waals surface area contributed by atoms with Gasteiger partial charge < -0.3 is 10.1 Å². The van der Waals surface area contributed by atoms with Crippen LogP contribution in [0.3, 0.4) is 0 Å². The van der Waals surface area contributed by atoms with Gasteiger partial charge in [0.15, 0.2) is 0 Å². The lowest BCUT2D eigenvalue weighted by atomic mass is 10.2. The Kier molecular flexibility index (Phi) is 3.72. The highest BCUT2D eigenvalue weighted by Crippen LogP contribution is 2.19. The molecule has 0 aliphatic heterocycles. The molecule has 3 rings (SSSR count). The highest BCUT2D eigenvalue weighted by molar-refractivity contribution is 9.10. The topological polar surface area (TPSA) is 91.7 Å². The summed E-state index contributed by atoms with van der Waals surface area (Å²) in [5.41, 5.74) is 1.68. The fourth-order valence-corrected chi connectivity index (χ4v) is 2.29. The molecule has 0 fully saturated rings. The van der Waals surface area contributed by atoms with E-state index in [-0.39, 0.29) is 5.82 Å². The number of nitrogens with zero attached hydrogens (tertiary/aromatic N) is 6. The second kappa shape index (κ2) is 5.68. The summed E-state index contributed by atoms with van der Waals surface area (Å²) in [7, 11) is 1.60. The van der Waals surface area contributed by atoms with Crippen molar-refractivity contribution in [3.8, 4) is 11.3 Å². The van der Waals surface area contributed by atoms with Crippen molar-refractivity contribution in [2.45, 2.75) is 6.54 Å². The fraction of sp³-hybridized carbons (Fsp3) is 0.154. The Morgan fingerprint density at radius 1 is 1.32 bits per heavy atom. The number of rotatable bonds is 4. The van der Waals surface area contributed by atoms with Crippen molar-refractivity contribution in [2.75, 3.05) is 0 Å². The van der Waals surface area contributed by atoms with Crippen LogP contribution in [0.4, 0.5) is 5.82 Å². The average Bonchev–Trinajstić information content (AvgIpc) is 3.08. The summed E-state index contributed by atoms with van der Waals surface area (Å²) in [5, 5.41) is 19.0. The van der Waals surface area contributed by atoms with E-state index in [1.165, 1.54) is 10.8 Å². The summed E-state index contributed by atoms with van der Waals surface area (Å²) in [6.07, 6.45) is 3.02. The molecule has 9 heteroatoms. The molecular weight excluding hydrogens is 352 g/mol. The first-order valence-corrected chi connectivity index (χ1v) is 7.15. The molecule has 1 aromatic carbocycles. The van der Waals surface area contributed by atoms with Crippen molar-refractivity contribution in [1.29, 1.82) is 0 Å². The van der Waals surface area contributed by atoms with Crippen LogP contribution in [0, 0.1) is 10.1 Å². The lowest BCUT2D eigenvalue weighted by molar-refractivity contribution is -0.391. The standard InChI is InChI=1S/C13H11BrN6O2/c1-18-12(15-6-13(18)20(21)22)8-19-7-11(16-17-19)9-2-4-10(14)5-3-9/h2-7H,8H2,1H3. The molecule has 0 aliphatic rings.